The van der Waals surface area contributed by atoms with Gasteiger partial charge in [-0.3, -0.25) is 4.79 Å². The summed E-state index contributed by atoms with van der Waals surface area (Å²) in [6, 6.07) is 9.18. The Balaban J connectivity index is 1.90. The van der Waals surface area contributed by atoms with Crippen molar-refractivity contribution < 1.29 is 24.5 Å². The van der Waals surface area contributed by atoms with Crippen molar-refractivity contribution in [1.29, 1.82) is 0 Å². The number of benzene rings is 2. The van der Waals surface area contributed by atoms with E-state index in [1.165, 1.54) is 12.1 Å². The molecule has 0 aliphatic carbocycles. The summed E-state index contributed by atoms with van der Waals surface area (Å²) in [4.78, 5) is 10.7. The van der Waals surface area contributed by atoms with Crippen LogP contribution >= 0.6 is 0 Å². The van der Waals surface area contributed by atoms with Crippen molar-refractivity contribution in [2.45, 2.75) is 6.29 Å². The molecule has 0 aromatic heterocycles. The topological polar surface area (TPSA) is 76.0 Å². The lowest BCUT2D eigenvalue weighted by Crippen LogP contribution is -2.07. The number of aromatic hydroxyl groups is 2. The Bertz CT molecular complexity index is 650. The summed E-state index contributed by atoms with van der Waals surface area (Å²) in [6.45, 7) is 0. The van der Waals surface area contributed by atoms with Gasteiger partial charge >= 0.3 is 0 Å². The zero-order valence-corrected chi connectivity index (χ0v) is 9.74. The van der Waals surface area contributed by atoms with Crippen LogP contribution in [0.4, 0.5) is 0 Å². The zero-order chi connectivity index (χ0) is 13.4. The first kappa shape index (κ1) is 11.4. The molecule has 0 saturated carbocycles. The van der Waals surface area contributed by atoms with E-state index in [9.17, 15) is 15.0 Å². The van der Waals surface area contributed by atoms with Gasteiger partial charge in [0.2, 0.25) is 0 Å². The van der Waals surface area contributed by atoms with Crippen molar-refractivity contribution in [1.82, 2.24) is 0 Å². The van der Waals surface area contributed by atoms with E-state index >= 15 is 0 Å². The molecule has 2 N–H and O–H groups in total. The predicted octanol–water partition coefficient (Wildman–Crippen LogP) is 2.38. The monoisotopic (exact) mass is 258 g/mol. The van der Waals surface area contributed by atoms with Gasteiger partial charge < -0.3 is 19.7 Å². The van der Waals surface area contributed by atoms with Gasteiger partial charge in [0.25, 0.3) is 6.29 Å². The van der Waals surface area contributed by atoms with E-state index in [0.29, 0.717) is 22.6 Å². The van der Waals surface area contributed by atoms with Crippen molar-refractivity contribution >= 4 is 6.29 Å². The number of ether oxygens (including phenoxy) is 2. The Kier molecular flexibility index (Phi) is 2.52. The molecular formula is C14H10O5. The highest BCUT2D eigenvalue weighted by Gasteiger charge is 2.26. The summed E-state index contributed by atoms with van der Waals surface area (Å²) in [5.41, 5.74) is 1.07. The van der Waals surface area contributed by atoms with E-state index in [-0.39, 0.29) is 11.5 Å². The Labute approximate surface area is 108 Å². The number of hydrogen-bond acceptors (Lipinski definition) is 5. The number of phenolic OH excluding ortho intramolecular Hbond substituents is 2. The molecule has 0 amide bonds. The molecule has 0 spiro atoms. The molecule has 0 radical (unpaired) electrons. The van der Waals surface area contributed by atoms with Crippen LogP contribution in [0, 0.1) is 0 Å². The van der Waals surface area contributed by atoms with E-state index in [2.05, 4.69) is 0 Å². The molecule has 1 unspecified atom stereocenters. The number of carbonyl (C=O) groups excluding carboxylic acids is 1. The molecule has 5 nitrogen and oxygen atoms in total. The molecule has 1 aliphatic heterocycles. The van der Waals surface area contributed by atoms with Gasteiger partial charge in [0.05, 0.1) is 0 Å². The first-order valence-electron chi connectivity index (χ1n) is 5.62. The van der Waals surface area contributed by atoms with Crippen LogP contribution in [-0.2, 0) is 0 Å². The van der Waals surface area contributed by atoms with Crippen LogP contribution in [0.2, 0.25) is 0 Å². The molecule has 5 heteroatoms. The number of aldehydes is 1. The standard InChI is InChI=1S/C14H10O5/c15-7-8-1-4-12-13(5-8)19-14(18-12)9-2-3-10(16)11(17)6-9/h1-7,14,16-17H. The highest BCUT2D eigenvalue weighted by atomic mass is 16.7. The summed E-state index contributed by atoms with van der Waals surface area (Å²) >= 11 is 0. The predicted molar refractivity (Wildman–Crippen MR) is 65.6 cm³/mol. The van der Waals surface area contributed by atoms with Gasteiger partial charge in [-0.1, -0.05) is 0 Å². The second-order valence-electron chi connectivity index (χ2n) is 4.14. The van der Waals surface area contributed by atoms with Gasteiger partial charge in [0, 0.05) is 11.1 Å². The number of rotatable bonds is 2. The van der Waals surface area contributed by atoms with Crippen LogP contribution in [-0.4, -0.2) is 16.5 Å². The fourth-order valence-electron chi connectivity index (χ4n) is 1.87. The van der Waals surface area contributed by atoms with Crippen LogP contribution in [0.3, 0.4) is 0 Å². The van der Waals surface area contributed by atoms with Gasteiger partial charge in [-0.25, -0.2) is 0 Å². The maximum Gasteiger partial charge on any atom is 0.268 e. The molecule has 0 bridgehead atoms. The summed E-state index contributed by atoms with van der Waals surface area (Å²) < 4.78 is 11.1. The molecule has 2 aromatic carbocycles. The SMILES string of the molecule is O=Cc1ccc2c(c1)OC(c1ccc(O)c(O)c1)O2. The minimum absolute atomic E-state index is 0.206. The minimum atomic E-state index is -0.705. The van der Waals surface area contributed by atoms with Crippen molar-refractivity contribution in [3.63, 3.8) is 0 Å². The number of phenols is 2. The molecule has 1 atom stereocenters. The fraction of sp³-hybridized carbons (Fsp3) is 0.0714. The lowest BCUT2D eigenvalue weighted by Gasteiger charge is -2.11. The molecule has 19 heavy (non-hydrogen) atoms. The number of fused-ring (bicyclic) bond motifs is 1. The summed E-state index contributed by atoms with van der Waals surface area (Å²) in [6.07, 6.45) is 0.0204. The lowest BCUT2D eigenvalue weighted by molar-refractivity contribution is 0.0484. The third kappa shape index (κ3) is 1.95. The van der Waals surface area contributed by atoms with Crippen LogP contribution in [0.25, 0.3) is 0 Å². The smallest absolute Gasteiger partial charge is 0.268 e. The largest absolute Gasteiger partial charge is 0.504 e. The van der Waals surface area contributed by atoms with Gasteiger partial charge in [-0.15, -0.1) is 0 Å². The summed E-state index contributed by atoms with van der Waals surface area (Å²) in [5.74, 6) is 0.557. The molecule has 3 rings (SSSR count). The van der Waals surface area contributed by atoms with Crippen LogP contribution in [0.1, 0.15) is 22.2 Å². The number of hydrogen-bond donors (Lipinski definition) is 2. The minimum Gasteiger partial charge on any atom is -0.504 e. The molecule has 96 valence electrons. The number of carbonyl (C=O) groups is 1. The zero-order valence-electron chi connectivity index (χ0n) is 9.74. The highest BCUT2D eigenvalue weighted by Crippen LogP contribution is 2.41. The van der Waals surface area contributed by atoms with Gasteiger partial charge in [-0.2, -0.15) is 0 Å². The van der Waals surface area contributed by atoms with E-state index in [1.54, 1.807) is 24.3 Å². The Morgan fingerprint density at radius 3 is 2.47 bits per heavy atom. The highest BCUT2D eigenvalue weighted by molar-refractivity contribution is 5.76. The molecule has 1 heterocycles. The van der Waals surface area contributed by atoms with Crippen LogP contribution in [0.5, 0.6) is 23.0 Å². The van der Waals surface area contributed by atoms with Crippen LogP contribution in [0.15, 0.2) is 36.4 Å². The molecule has 1 aliphatic rings. The molecule has 0 saturated heterocycles. The molecule has 2 aromatic rings. The first-order valence-corrected chi connectivity index (χ1v) is 5.62. The van der Waals surface area contributed by atoms with Gasteiger partial charge in [0.15, 0.2) is 23.0 Å². The molecular weight excluding hydrogens is 248 g/mol. The third-order valence-electron chi connectivity index (χ3n) is 2.84. The van der Waals surface area contributed by atoms with Crippen molar-refractivity contribution in [2.24, 2.45) is 0 Å². The summed E-state index contributed by atoms with van der Waals surface area (Å²) in [7, 11) is 0. The quantitative estimate of drug-likeness (QED) is 0.639. The maximum atomic E-state index is 10.7. The average molecular weight is 258 g/mol. The Morgan fingerprint density at radius 2 is 1.74 bits per heavy atom. The van der Waals surface area contributed by atoms with Gasteiger partial charge in [0.1, 0.15) is 6.29 Å². The normalized spacial score (nSPS) is 16.3. The Morgan fingerprint density at radius 1 is 0.947 bits per heavy atom. The maximum absolute atomic E-state index is 10.7. The average Bonchev–Trinajstić information content (AvgIpc) is 2.84. The van der Waals surface area contributed by atoms with Crippen molar-refractivity contribution in [2.75, 3.05) is 0 Å². The van der Waals surface area contributed by atoms with E-state index < -0.39 is 6.29 Å². The van der Waals surface area contributed by atoms with Crippen LogP contribution < -0.4 is 9.47 Å². The van der Waals surface area contributed by atoms with Crippen molar-refractivity contribution in [3.05, 3.63) is 47.5 Å². The second-order valence-corrected chi connectivity index (χ2v) is 4.14. The lowest BCUT2D eigenvalue weighted by atomic mass is 10.2. The Hall–Kier alpha value is -2.69. The van der Waals surface area contributed by atoms with Crippen molar-refractivity contribution in [3.8, 4) is 23.0 Å². The molecule has 0 fully saturated rings. The van der Waals surface area contributed by atoms with E-state index in [1.807, 2.05) is 0 Å². The summed E-state index contributed by atoms with van der Waals surface area (Å²) in [5, 5.41) is 18.7. The van der Waals surface area contributed by atoms with Gasteiger partial charge in [-0.05, 0) is 36.4 Å². The third-order valence-corrected chi connectivity index (χ3v) is 2.84. The first-order chi connectivity index (χ1) is 9.17. The van der Waals surface area contributed by atoms with E-state index in [4.69, 9.17) is 9.47 Å². The fourth-order valence-corrected chi connectivity index (χ4v) is 1.87. The second kappa shape index (κ2) is 4.20. The van der Waals surface area contributed by atoms with E-state index in [0.717, 1.165) is 6.29 Å².